The standard InChI is InChI=1S/C9H8N6O2/c10-9(11)7-2-1-3-8(13-7)14-5-6(4-12-14)15(16)17/h1-5H,(H3,10,11). The van der Waals surface area contributed by atoms with Gasteiger partial charge in [0.05, 0.1) is 4.92 Å². The zero-order chi connectivity index (χ0) is 12.4. The number of aromatic nitrogens is 3. The van der Waals surface area contributed by atoms with Crippen molar-refractivity contribution in [2.75, 3.05) is 0 Å². The van der Waals surface area contributed by atoms with Gasteiger partial charge in [0.1, 0.15) is 23.9 Å². The Kier molecular flexibility index (Phi) is 2.53. The summed E-state index contributed by atoms with van der Waals surface area (Å²) in [6, 6.07) is 4.83. The summed E-state index contributed by atoms with van der Waals surface area (Å²) in [4.78, 5) is 14.0. The minimum Gasteiger partial charge on any atom is -0.382 e. The van der Waals surface area contributed by atoms with Crippen molar-refractivity contribution >= 4 is 11.5 Å². The van der Waals surface area contributed by atoms with Gasteiger partial charge in [-0.05, 0) is 12.1 Å². The molecule has 17 heavy (non-hydrogen) atoms. The molecule has 2 aromatic rings. The lowest BCUT2D eigenvalue weighted by molar-refractivity contribution is -0.384. The first-order valence-corrected chi connectivity index (χ1v) is 4.59. The summed E-state index contributed by atoms with van der Waals surface area (Å²) in [5, 5.41) is 21.6. The third kappa shape index (κ3) is 2.09. The van der Waals surface area contributed by atoms with Crippen LogP contribution in [0.1, 0.15) is 5.69 Å². The van der Waals surface area contributed by atoms with Crippen molar-refractivity contribution in [3.05, 3.63) is 46.4 Å². The topological polar surface area (TPSA) is 124 Å². The van der Waals surface area contributed by atoms with E-state index in [1.165, 1.54) is 10.9 Å². The van der Waals surface area contributed by atoms with Gasteiger partial charge in [0.15, 0.2) is 5.82 Å². The van der Waals surface area contributed by atoms with Gasteiger partial charge >= 0.3 is 5.69 Å². The summed E-state index contributed by atoms with van der Waals surface area (Å²) in [6.45, 7) is 0. The summed E-state index contributed by atoms with van der Waals surface area (Å²) in [5.41, 5.74) is 5.46. The van der Waals surface area contributed by atoms with Gasteiger partial charge in [-0.2, -0.15) is 5.10 Å². The summed E-state index contributed by atoms with van der Waals surface area (Å²) >= 11 is 0. The maximum atomic E-state index is 10.5. The van der Waals surface area contributed by atoms with E-state index in [1.54, 1.807) is 18.2 Å². The maximum absolute atomic E-state index is 10.5. The molecule has 2 aromatic heterocycles. The van der Waals surface area contributed by atoms with Crippen molar-refractivity contribution in [3.8, 4) is 5.82 Å². The largest absolute Gasteiger partial charge is 0.382 e. The Morgan fingerprint density at radius 2 is 2.29 bits per heavy atom. The van der Waals surface area contributed by atoms with E-state index in [-0.39, 0.29) is 11.5 Å². The summed E-state index contributed by atoms with van der Waals surface area (Å²) in [6.07, 6.45) is 2.37. The fourth-order valence-corrected chi connectivity index (χ4v) is 1.23. The highest BCUT2D eigenvalue weighted by Crippen LogP contribution is 2.12. The summed E-state index contributed by atoms with van der Waals surface area (Å²) in [5.74, 6) is 0.194. The molecule has 8 nitrogen and oxygen atoms in total. The van der Waals surface area contributed by atoms with Gasteiger partial charge in [-0.15, -0.1) is 0 Å². The smallest absolute Gasteiger partial charge is 0.307 e. The molecule has 0 aromatic carbocycles. The van der Waals surface area contributed by atoms with Gasteiger partial charge in [-0.25, -0.2) is 9.67 Å². The van der Waals surface area contributed by atoms with Crippen LogP contribution in [-0.2, 0) is 0 Å². The number of hydrogen-bond donors (Lipinski definition) is 2. The minimum absolute atomic E-state index is 0.125. The predicted octanol–water partition coefficient (Wildman–Crippen LogP) is 0.460. The first kappa shape index (κ1) is 10.7. The Morgan fingerprint density at radius 3 is 2.88 bits per heavy atom. The molecule has 0 bridgehead atoms. The Hall–Kier alpha value is -2.77. The maximum Gasteiger partial charge on any atom is 0.307 e. The second-order valence-electron chi connectivity index (χ2n) is 3.19. The number of nitrogens with zero attached hydrogens (tertiary/aromatic N) is 4. The van der Waals surface area contributed by atoms with Crippen molar-refractivity contribution in [1.82, 2.24) is 14.8 Å². The van der Waals surface area contributed by atoms with Gasteiger partial charge in [-0.3, -0.25) is 15.5 Å². The van der Waals surface area contributed by atoms with E-state index >= 15 is 0 Å². The van der Waals surface area contributed by atoms with Crippen molar-refractivity contribution < 1.29 is 4.92 Å². The zero-order valence-electron chi connectivity index (χ0n) is 8.57. The number of nitrogens with two attached hydrogens (primary N) is 1. The van der Waals surface area contributed by atoms with Crippen LogP contribution in [0.15, 0.2) is 30.6 Å². The number of nitrogens with one attached hydrogen (secondary N) is 1. The molecule has 0 aliphatic carbocycles. The Balaban J connectivity index is 2.42. The molecule has 0 fully saturated rings. The first-order chi connectivity index (χ1) is 8.08. The molecule has 8 heteroatoms. The lowest BCUT2D eigenvalue weighted by Crippen LogP contribution is -2.14. The fraction of sp³-hybridized carbons (Fsp3) is 0. The van der Waals surface area contributed by atoms with Crippen molar-refractivity contribution in [2.24, 2.45) is 5.73 Å². The van der Waals surface area contributed by atoms with Crippen LogP contribution in [0.2, 0.25) is 0 Å². The number of nitrogen functional groups attached to an aromatic ring is 1. The normalized spacial score (nSPS) is 10.1. The number of hydrogen-bond acceptors (Lipinski definition) is 5. The van der Waals surface area contributed by atoms with E-state index in [2.05, 4.69) is 10.1 Å². The van der Waals surface area contributed by atoms with Gasteiger partial charge in [0.2, 0.25) is 0 Å². The van der Waals surface area contributed by atoms with E-state index < -0.39 is 4.92 Å². The Bertz CT molecular complexity index is 591. The van der Waals surface area contributed by atoms with Crippen LogP contribution >= 0.6 is 0 Å². The first-order valence-electron chi connectivity index (χ1n) is 4.59. The van der Waals surface area contributed by atoms with Crippen LogP contribution in [0.5, 0.6) is 0 Å². The van der Waals surface area contributed by atoms with Gasteiger partial charge in [-0.1, -0.05) is 6.07 Å². The third-order valence-corrected chi connectivity index (χ3v) is 2.02. The molecule has 2 heterocycles. The second kappa shape index (κ2) is 4.00. The molecule has 0 atom stereocenters. The fourth-order valence-electron chi connectivity index (χ4n) is 1.23. The van der Waals surface area contributed by atoms with Crippen LogP contribution in [0.25, 0.3) is 5.82 Å². The molecular formula is C9H8N6O2. The number of nitro groups is 1. The second-order valence-corrected chi connectivity index (χ2v) is 3.19. The average Bonchev–Trinajstić information content (AvgIpc) is 2.78. The molecule has 86 valence electrons. The van der Waals surface area contributed by atoms with E-state index in [0.717, 1.165) is 6.20 Å². The highest BCUT2D eigenvalue weighted by atomic mass is 16.6. The van der Waals surface area contributed by atoms with Gasteiger partial charge in [0.25, 0.3) is 0 Å². The van der Waals surface area contributed by atoms with E-state index in [1.807, 2.05) is 0 Å². The van der Waals surface area contributed by atoms with Crippen LogP contribution in [0, 0.1) is 15.5 Å². The predicted molar refractivity (Wildman–Crippen MR) is 59.0 cm³/mol. The highest BCUT2D eigenvalue weighted by molar-refractivity contribution is 5.93. The molecule has 3 N–H and O–H groups in total. The lowest BCUT2D eigenvalue weighted by atomic mass is 10.3. The average molecular weight is 232 g/mol. The lowest BCUT2D eigenvalue weighted by Gasteiger charge is -2.01. The molecular weight excluding hydrogens is 224 g/mol. The molecule has 0 aliphatic rings. The zero-order valence-corrected chi connectivity index (χ0v) is 8.57. The monoisotopic (exact) mass is 232 g/mol. The van der Waals surface area contributed by atoms with Gasteiger partial charge < -0.3 is 5.73 Å². The van der Waals surface area contributed by atoms with E-state index in [4.69, 9.17) is 11.1 Å². The molecule has 0 saturated carbocycles. The van der Waals surface area contributed by atoms with Crippen LogP contribution in [0.3, 0.4) is 0 Å². The van der Waals surface area contributed by atoms with Crippen LogP contribution in [-0.4, -0.2) is 25.5 Å². The van der Waals surface area contributed by atoms with Crippen molar-refractivity contribution in [1.29, 1.82) is 5.41 Å². The molecule has 0 radical (unpaired) electrons. The molecule has 0 aliphatic heterocycles. The minimum atomic E-state index is -0.543. The van der Waals surface area contributed by atoms with E-state index in [0.29, 0.717) is 11.5 Å². The van der Waals surface area contributed by atoms with Crippen molar-refractivity contribution in [2.45, 2.75) is 0 Å². The summed E-state index contributed by atoms with van der Waals surface area (Å²) in [7, 11) is 0. The SMILES string of the molecule is N=C(N)c1cccc(-n2cc([N+](=O)[O-])cn2)n1. The number of pyridine rings is 1. The third-order valence-electron chi connectivity index (χ3n) is 2.02. The number of amidine groups is 1. The molecule has 0 amide bonds. The Morgan fingerprint density at radius 1 is 1.53 bits per heavy atom. The van der Waals surface area contributed by atoms with Crippen LogP contribution < -0.4 is 5.73 Å². The molecule has 0 unspecified atom stereocenters. The number of rotatable bonds is 3. The van der Waals surface area contributed by atoms with Crippen molar-refractivity contribution in [3.63, 3.8) is 0 Å². The van der Waals surface area contributed by atoms with Gasteiger partial charge in [0, 0.05) is 0 Å². The highest BCUT2D eigenvalue weighted by Gasteiger charge is 2.11. The molecule has 0 saturated heterocycles. The molecule has 0 spiro atoms. The van der Waals surface area contributed by atoms with E-state index in [9.17, 15) is 10.1 Å². The molecule has 2 rings (SSSR count). The van der Waals surface area contributed by atoms with Crippen LogP contribution in [0.4, 0.5) is 5.69 Å². The quantitative estimate of drug-likeness (QED) is 0.344. The Labute approximate surface area is 95.4 Å². The summed E-state index contributed by atoms with van der Waals surface area (Å²) < 4.78 is 1.25.